The molecule has 1 aromatic rings. The summed E-state index contributed by atoms with van der Waals surface area (Å²) in [6, 6.07) is 4.17. The zero-order valence-electron chi connectivity index (χ0n) is 14.8. The molecule has 0 saturated carbocycles. The molecule has 0 bridgehead atoms. The van der Waals surface area contributed by atoms with E-state index in [-0.39, 0.29) is 5.91 Å². The molecule has 136 valence electrons. The summed E-state index contributed by atoms with van der Waals surface area (Å²) >= 11 is 0. The average Bonchev–Trinajstić information content (AvgIpc) is 3.33. The van der Waals surface area contributed by atoms with E-state index in [1.807, 2.05) is 17.2 Å². The van der Waals surface area contributed by atoms with E-state index < -0.39 is 5.79 Å². The minimum absolute atomic E-state index is 0.229. The molecular formula is C19H27N3O3. The molecular weight excluding hydrogens is 318 g/mol. The van der Waals surface area contributed by atoms with Crippen LogP contribution in [0.3, 0.4) is 0 Å². The predicted molar refractivity (Wildman–Crippen MR) is 94.5 cm³/mol. The molecule has 4 rings (SSSR count). The number of piperidine rings is 1. The van der Waals surface area contributed by atoms with Gasteiger partial charge in [0.2, 0.25) is 5.91 Å². The molecule has 6 heteroatoms. The van der Waals surface area contributed by atoms with Gasteiger partial charge in [0, 0.05) is 51.6 Å². The number of anilines is 1. The van der Waals surface area contributed by atoms with Crippen molar-refractivity contribution in [3.8, 4) is 0 Å². The van der Waals surface area contributed by atoms with Gasteiger partial charge in [-0.2, -0.15) is 0 Å². The molecule has 3 fully saturated rings. The Bertz CT molecular complexity index is 600. The lowest BCUT2D eigenvalue weighted by atomic mass is 10.0. The lowest BCUT2D eigenvalue weighted by Gasteiger charge is -2.37. The topological polar surface area (TPSA) is 54.9 Å². The number of aromatic nitrogens is 1. The smallest absolute Gasteiger partial charge is 0.222 e. The summed E-state index contributed by atoms with van der Waals surface area (Å²) in [6.45, 7) is 5.00. The van der Waals surface area contributed by atoms with Crippen molar-refractivity contribution in [2.24, 2.45) is 0 Å². The fourth-order valence-corrected chi connectivity index (χ4v) is 4.03. The molecule has 0 aromatic carbocycles. The molecule has 1 amide bonds. The predicted octanol–water partition coefficient (Wildman–Crippen LogP) is 1.98. The maximum Gasteiger partial charge on any atom is 0.222 e. The second-order valence-corrected chi connectivity index (χ2v) is 7.20. The Morgan fingerprint density at radius 1 is 1.12 bits per heavy atom. The third-order valence-electron chi connectivity index (χ3n) is 5.56. The number of aryl methyl sites for hydroxylation is 1. The van der Waals surface area contributed by atoms with Crippen LogP contribution in [0.2, 0.25) is 0 Å². The van der Waals surface area contributed by atoms with E-state index in [4.69, 9.17) is 9.47 Å². The van der Waals surface area contributed by atoms with Gasteiger partial charge in [-0.25, -0.2) is 4.98 Å². The Labute approximate surface area is 149 Å². The highest BCUT2D eigenvalue weighted by molar-refractivity contribution is 5.76. The van der Waals surface area contributed by atoms with Crippen LogP contribution in [0, 0.1) is 0 Å². The summed E-state index contributed by atoms with van der Waals surface area (Å²) in [5.41, 5.74) is 1.20. The highest BCUT2D eigenvalue weighted by Crippen LogP contribution is 2.31. The molecule has 0 N–H and O–H groups in total. The molecule has 0 atom stereocenters. The Morgan fingerprint density at radius 2 is 1.84 bits per heavy atom. The molecule has 6 nitrogen and oxygen atoms in total. The van der Waals surface area contributed by atoms with Crippen LogP contribution in [-0.4, -0.2) is 61.0 Å². The summed E-state index contributed by atoms with van der Waals surface area (Å²) in [5.74, 6) is 0.872. The SMILES string of the molecule is O=C(CCc1ccnc(N2CCCC2)c1)N1CCC2(CC1)OCCO2. The largest absolute Gasteiger partial charge is 0.357 e. The van der Waals surface area contributed by atoms with Gasteiger partial charge in [-0.3, -0.25) is 4.79 Å². The fraction of sp³-hybridized carbons (Fsp3) is 0.684. The lowest BCUT2D eigenvalue weighted by molar-refractivity contribution is -0.187. The molecule has 25 heavy (non-hydrogen) atoms. The number of rotatable bonds is 4. The minimum atomic E-state index is -0.410. The van der Waals surface area contributed by atoms with Gasteiger partial charge in [0.1, 0.15) is 5.82 Å². The van der Waals surface area contributed by atoms with Crippen LogP contribution in [-0.2, 0) is 20.7 Å². The third kappa shape index (κ3) is 3.80. The molecule has 1 aromatic heterocycles. The second-order valence-electron chi connectivity index (χ2n) is 7.20. The molecule has 0 unspecified atom stereocenters. The molecule has 3 saturated heterocycles. The Morgan fingerprint density at radius 3 is 2.56 bits per heavy atom. The van der Waals surface area contributed by atoms with Crippen molar-refractivity contribution < 1.29 is 14.3 Å². The average molecular weight is 345 g/mol. The quantitative estimate of drug-likeness (QED) is 0.835. The second kappa shape index (κ2) is 7.30. The molecule has 3 aliphatic heterocycles. The molecule has 1 spiro atoms. The number of pyridine rings is 1. The number of carbonyl (C=O) groups excluding carboxylic acids is 1. The molecule has 4 heterocycles. The van der Waals surface area contributed by atoms with Gasteiger partial charge in [0.15, 0.2) is 5.79 Å². The van der Waals surface area contributed by atoms with Crippen molar-refractivity contribution in [3.05, 3.63) is 23.9 Å². The van der Waals surface area contributed by atoms with E-state index in [0.29, 0.717) is 19.6 Å². The van der Waals surface area contributed by atoms with Gasteiger partial charge in [-0.15, -0.1) is 0 Å². The summed E-state index contributed by atoms with van der Waals surface area (Å²) in [5, 5.41) is 0. The van der Waals surface area contributed by atoms with Gasteiger partial charge in [-0.1, -0.05) is 0 Å². The van der Waals surface area contributed by atoms with Crippen LogP contribution in [0.5, 0.6) is 0 Å². The van der Waals surface area contributed by atoms with E-state index in [1.54, 1.807) is 0 Å². The Balaban J connectivity index is 1.28. The third-order valence-corrected chi connectivity index (χ3v) is 5.56. The Hall–Kier alpha value is -1.66. The summed E-state index contributed by atoms with van der Waals surface area (Å²) < 4.78 is 11.5. The zero-order chi connectivity index (χ0) is 17.1. The number of likely N-dealkylation sites (tertiary alicyclic amines) is 1. The van der Waals surface area contributed by atoms with E-state index >= 15 is 0 Å². The Kier molecular flexibility index (Phi) is 4.90. The van der Waals surface area contributed by atoms with E-state index in [1.165, 1.54) is 18.4 Å². The number of amides is 1. The number of hydrogen-bond donors (Lipinski definition) is 0. The molecule has 3 aliphatic rings. The van der Waals surface area contributed by atoms with Gasteiger partial charge < -0.3 is 19.3 Å². The van der Waals surface area contributed by atoms with Crippen LogP contribution in [0.1, 0.15) is 37.7 Å². The van der Waals surface area contributed by atoms with E-state index in [2.05, 4.69) is 16.0 Å². The fourth-order valence-electron chi connectivity index (χ4n) is 4.03. The normalized spacial score (nSPS) is 22.7. The number of carbonyl (C=O) groups is 1. The van der Waals surface area contributed by atoms with Crippen LogP contribution in [0.15, 0.2) is 18.3 Å². The summed E-state index contributed by atoms with van der Waals surface area (Å²) in [6.07, 6.45) is 7.25. The van der Waals surface area contributed by atoms with Crippen molar-refractivity contribution in [3.63, 3.8) is 0 Å². The number of nitrogens with zero attached hydrogens (tertiary/aromatic N) is 3. The van der Waals surface area contributed by atoms with Crippen molar-refractivity contribution in [2.45, 2.75) is 44.3 Å². The number of ether oxygens (including phenoxy) is 2. The first-order valence-electron chi connectivity index (χ1n) is 9.50. The van der Waals surface area contributed by atoms with Gasteiger partial charge in [0.05, 0.1) is 13.2 Å². The van der Waals surface area contributed by atoms with Crippen molar-refractivity contribution in [1.82, 2.24) is 9.88 Å². The standard InChI is InChI=1S/C19H27N3O3/c23-18(22-11-6-19(7-12-22)24-13-14-25-19)4-3-16-5-8-20-17(15-16)21-9-1-2-10-21/h5,8,15H,1-4,6-7,9-14H2. The van der Waals surface area contributed by atoms with Crippen LogP contribution in [0.25, 0.3) is 0 Å². The van der Waals surface area contributed by atoms with E-state index in [9.17, 15) is 4.79 Å². The van der Waals surface area contributed by atoms with Gasteiger partial charge in [-0.05, 0) is 37.0 Å². The summed E-state index contributed by atoms with van der Waals surface area (Å²) in [4.78, 5) is 21.3. The minimum Gasteiger partial charge on any atom is -0.357 e. The highest BCUT2D eigenvalue weighted by atomic mass is 16.7. The van der Waals surface area contributed by atoms with Crippen LogP contribution < -0.4 is 4.90 Å². The van der Waals surface area contributed by atoms with E-state index in [0.717, 1.165) is 51.3 Å². The first-order chi connectivity index (χ1) is 12.2. The van der Waals surface area contributed by atoms with Crippen molar-refractivity contribution in [1.29, 1.82) is 0 Å². The van der Waals surface area contributed by atoms with Crippen molar-refractivity contribution >= 4 is 11.7 Å². The van der Waals surface area contributed by atoms with Crippen LogP contribution in [0.4, 0.5) is 5.82 Å². The van der Waals surface area contributed by atoms with Crippen molar-refractivity contribution in [2.75, 3.05) is 44.3 Å². The lowest BCUT2D eigenvalue weighted by Crippen LogP contribution is -2.47. The van der Waals surface area contributed by atoms with Crippen LogP contribution >= 0.6 is 0 Å². The first-order valence-corrected chi connectivity index (χ1v) is 9.50. The summed E-state index contributed by atoms with van der Waals surface area (Å²) in [7, 11) is 0. The maximum atomic E-state index is 12.5. The van der Waals surface area contributed by atoms with Gasteiger partial charge in [0.25, 0.3) is 0 Å². The molecule has 0 aliphatic carbocycles. The molecule has 0 radical (unpaired) electrons. The first kappa shape index (κ1) is 16.8. The number of hydrogen-bond acceptors (Lipinski definition) is 5. The maximum absolute atomic E-state index is 12.5. The monoisotopic (exact) mass is 345 g/mol. The highest BCUT2D eigenvalue weighted by Gasteiger charge is 2.40. The van der Waals surface area contributed by atoms with Gasteiger partial charge >= 0.3 is 0 Å². The zero-order valence-corrected chi connectivity index (χ0v) is 14.8.